The Morgan fingerprint density at radius 2 is 1.61 bits per heavy atom. The molecule has 3 aromatic carbocycles. The number of carbonyl (C=O) groups excluding carboxylic acids is 1. The highest BCUT2D eigenvalue weighted by Gasteiger charge is 2.15. The molecule has 1 amide bonds. The van der Waals surface area contributed by atoms with Crippen LogP contribution < -0.4 is 10.2 Å². The Kier molecular flexibility index (Phi) is 5.88. The van der Waals surface area contributed by atoms with E-state index in [4.69, 9.17) is 9.97 Å². The summed E-state index contributed by atoms with van der Waals surface area (Å²) in [5, 5.41) is 4.75. The molecule has 33 heavy (non-hydrogen) atoms. The van der Waals surface area contributed by atoms with Crippen LogP contribution in [0, 0.1) is 0 Å². The number of carbonyl (C=O) groups is 1. The molecule has 0 fully saturated rings. The first kappa shape index (κ1) is 21.3. The Morgan fingerprint density at radius 1 is 0.909 bits per heavy atom. The van der Waals surface area contributed by atoms with Gasteiger partial charge in [-0.3, -0.25) is 9.20 Å². The van der Waals surface area contributed by atoms with Crippen molar-refractivity contribution in [2.45, 2.75) is 19.0 Å². The van der Waals surface area contributed by atoms with Crippen molar-refractivity contribution in [1.82, 2.24) is 14.4 Å². The van der Waals surface area contributed by atoms with Crippen LogP contribution in [-0.2, 0) is 4.79 Å². The number of benzene rings is 3. The molecule has 0 bridgehead atoms. The molecule has 0 aliphatic rings. The van der Waals surface area contributed by atoms with Gasteiger partial charge in [0.05, 0.1) is 22.3 Å². The predicted octanol–water partition coefficient (Wildman–Crippen LogP) is 5.61. The van der Waals surface area contributed by atoms with Gasteiger partial charge in [0, 0.05) is 29.9 Å². The lowest BCUT2D eigenvalue weighted by atomic mass is 10.2. The Labute approximate surface area is 196 Å². The van der Waals surface area contributed by atoms with Gasteiger partial charge in [-0.1, -0.05) is 36.0 Å². The van der Waals surface area contributed by atoms with Gasteiger partial charge in [-0.25, -0.2) is 9.97 Å². The Hall–Kier alpha value is -3.58. The highest BCUT2D eigenvalue weighted by Crippen LogP contribution is 2.29. The van der Waals surface area contributed by atoms with E-state index in [1.807, 2.05) is 72.8 Å². The van der Waals surface area contributed by atoms with Gasteiger partial charge in [-0.15, -0.1) is 0 Å². The molecule has 2 aromatic heterocycles. The van der Waals surface area contributed by atoms with Gasteiger partial charge in [-0.05, 0) is 62.4 Å². The number of fused-ring (bicyclic) bond motifs is 5. The summed E-state index contributed by atoms with van der Waals surface area (Å²) in [7, 11) is 0. The molecule has 7 heteroatoms. The number of nitrogens with zero attached hydrogens (tertiary/aromatic N) is 4. The van der Waals surface area contributed by atoms with Gasteiger partial charge in [0.15, 0.2) is 5.16 Å². The maximum atomic E-state index is 12.7. The monoisotopic (exact) mass is 455 g/mol. The molecule has 0 atom stereocenters. The maximum Gasteiger partial charge on any atom is 0.234 e. The SMILES string of the molecule is CCN(CC)c1ccc(NC(=O)CSc2nc3ccccc3c3nc4ccccc4n23)cc1. The standard InChI is InChI=1S/C26H25N5OS/c1-3-30(4-2)19-15-13-18(14-16-19)27-24(32)17-33-26-29-21-10-6-5-9-20(21)25-28-22-11-7-8-12-23(22)31(25)26/h5-16H,3-4,17H2,1-2H3,(H,27,32). The van der Waals surface area contributed by atoms with Crippen molar-refractivity contribution in [1.29, 1.82) is 0 Å². The average Bonchev–Trinajstić information content (AvgIpc) is 3.24. The molecule has 0 saturated heterocycles. The second-order valence-corrected chi connectivity index (χ2v) is 8.67. The average molecular weight is 456 g/mol. The number of anilines is 2. The van der Waals surface area contributed by atoms with Crippen molar-refractivity contribution in [2.75, 3.05) is 29.1 Å². The van der Waals surface area contributed by atoms with E-state index in [1.54, 1.807) is 0 Å². The summed E-state index contributed by atoms with van der Waals surface area (Å²) in [6, 6.07) is 24.0. The van der Waals surface area contributed by atoms with E-state index >= 15 is 0 Å². The first-order valence-corrected chi connectivity index (χ1v) is 12.1. The summed E-state index contributed by atoms with van der Waals surface area (Å²) >= 11 is 1.42. The number of hydrogen-bond acceptors (Lipinski definition) is 5. The van der Waals surface area contributed by atoms with E-state index in [0.717, 1.165) is 57.2 Å². The van der Waals surface area contributed by atoms with Gasteiger partial charge in [0.1, 0.15) is 5.65 Å². The second-order valence-electron chi connectivity index (χ2n) is 7.73. The molecule has 0 aliphatic carbocycles. The Morgan fingerprint density at radius 3 is 2.36 bits per heavy atom. The third-order valence-corrected chi connectivity index (χ3v) is 6.66. The summed E-state index contributed by atoms with van der Waals surface area (Å²) in [5.74, 6) is 0.188. The third-order valence-electron chi connectivity index (χ3n) is 5.73. The summed E-state index contributed by atoms with van der Waals surface area (Å²) < 4.78 is 2.05. The molecule has 6 nitrogen and oxygen atoms in total. The van der Waals surface area contributed by atoms with Gasteiger partial charge in [-0.2, -0.15) is 0 Å². The fraction of sp³-hybridized carbons (Fsp3) is 0.192. The van der Waals surface area contributed by atoms with Crippen molar-refractivity contribution < 1.29 is 4.79 Å². The second kappa shape index (κ2) is 9.11. The van der Waals surface area contributed by atoms with Crippen molar-refractivity contribution in [3.63, 3.8) is 0 Å². The molecule has 5 aromatic rings. The quantitative estimate of drug-likeness (QED) is 0.255. The lowest BCUT2D eigenvalue weighted by Gasteiger charge is -2.21. The third kappa shape index (κ3) is 4.12. The van der Waals surface area contributed by atoms with Gasteiger partial charge < -0.3 is 10.2 Å². The minimum absolute atomic E-state index is 0.0666. The van der Waals surface area contributed by atoms with E-state index in [0.29, 0.717) is 0 Å². The molecule has 5 rings (SSSR count). The Bertz CT molecular complexity index is 1440. The van der Waals surface area contributed by atoms with Crippen molar-refractivity contribution in [3.05, 3.63) is 72.8 Å². The largest absolute Gasteiger partial charge is 0.372 e. The minimum atomic E-state index is -0.0666. The van der Waals surface area contributed by atoms with Crippen LogP contribution in [0.5, 0.6) is 0 Å². The van der Waals surface area contributed by atoms with Crippen LogP contribution in [0.4, 0.5) is 11.4 Å². The van der Waals surface area contributed by atoms with Crippen LogP contribution in [0.1, 0.15) is 13.8 Å². The molecule has 166 valence electrons. The number of para-hydroxylation sites is 3. The topological polar surface area (TPSA) is 62.5 Å². The smallest absolute Gasteiger partial charge is 0.234 e. The zero-order chi connectivity index (χ0) is 22.8. The summed E-state index contributed by atoms with van der Waals surface area (Å²) in [4.78, 5) is 24.7. The maximum absolute atomic E-state index is 12.7. The fourth-order valence-corrected chi connectivity index (χ4v) is 4.89. The van der Waals surface area contributed by atoms with Crippen LogP contribution in [-0.4, -0.2) is 39.1 Å². The fourth-order valence-electron chi connectivity index (χ4n) is 4.08. The van der Waals surface area contributed by atoms with Crippen molar-refractivity contribution in [2.24, 2.45) is 0 Å². The number of rotatable bonds is 7. The van der Waals surface area contributed by atoms with Gasteiger partial charge >= 0.3 is 0 Å². The minimum Gasteiger partial charge on any atom is -0.372 e. The van der Waals surface area contributed by atoms with Crippen LogP contribution in [0.25, 0.3) is 27.6 Å². The van der Waals surface area contributed by atoms with Gasteiger partial charge in [0.25, 0.3) is 0 Å². The van der Waals surface area contributed by atoms with E-state index in [9.17, 15) is 4.79 Å². The zero-order valence-corrected chi connectivity index (χ0v) is 19.5. The first-order chi connectivity index (χ1) is 16.2. The number of amides is 1. The van der Waals surface area contributed by atoms with E-state index in [1.165, 1.54) is 11.8 Å². The van der Waals surface area contributed by atoms with E-state index < -0.39 is 0 Å². The van der Waals surface area contributed by atoms with Crippen LogP contribution in [0.15, 0.2) is 78.0 Å². The Balaban J connectivity index is 1.39. The summed E-state index contributed by atoms with van der Waals surface area (Å²) in [6.45, 7) is 6.18. The molecule has 0 spiro atoms. The molecule has 1 N–H and O–H groups in total. The van der Waals surface area contributed by atoms with Crippen LogP contribution in [0.2, 0.25) is 0 Å². The first-order valence-electron chi connectivity index (χ1n) is 11.1. The van der Waals surface area contributed by atoms with E-state index in [-0.39, 0.29) is 11.7 Å². The number of thioether (sulfide) groups is 1. The molecule has 2 heterocycles. The van der Waals surface area contributed by atoms with Crippen molar-refractivity contribution in [3.8, 4) is 0 Å². The van der Waals surface area contributed by atoms with Crippen LogP contribution >= 0.6 is 11.8 Å². The molecule has 0 aliphatic heterocycles. The number of imidazole rings is 1. The number of aromatic nitrogens is 3. The highest BCUT2D eigenvalue weighted by molar-refractivity contribution is 7.99. The molecular formula is C26H25N5OS. The summed E-state index contributed by atoms with van der Waals surface area (Å²) in [5.41, 5.74) is 5.58. The summed E-state index contributed by atoms with van der Waals surface area (Å²) in [6.07, 6.45) is 0. The van der Waals surface area contributed by atoms with Gasteiger partial charge in [0.2, 0.25) is 5.91 Å². The van der Waals surface area contributed by atoms with Crippen LogP contribution in [0.3, 0.4) is 0 Å². The predicted molar refractivity (Wildman–Crippen MR) is 137 cm³/mol. The molecule has 0 unspecified atom stereocenters. The lowest BCUT2D eigenvalue weighted by Crippen LogP contribution is -2.21. The lowest BCUT2D eigenvalue weighted by molar-refractivity contribution is -0.113. The molecule has 0 radical (unpaired) electrons. The van der Waals surface area contributed by atoms with E-state index in [2.05, 4.69) is 28.5 Å². The number of nitrogens with one attached hydrogen (secondary N) is 1. The molecule has 0 saturated carbocycles. The number of hydrogen-bond donors (Lipinski definition) is 1. The normalized spacial score (nSPS) is 11.3. The van der Waals surface area contributed by atoms with Crippen molar-refractivity contribution >= 4 is 56.6 Å². The zero-order valence-electron chi connectivity index (χ0n) is 18.7. The highest BCUT2D eigenvalue weighted by atomic mass is 32.2. The molecular weight excluding hydrogens is 430 g/mol.